The van der Waals surface area contributed by atoms with Crippen molar-refractivity contribution in [3.63, 3.8) is 0 Å². The summed E-state index contributed by atoms with van der Waals surface area (Å²) in [5.41, 5.74) is 1.29. The van der Waals surface area contributed by atoms with Gasteiger partial charge in [0.1, 0.15) is 63.9 Å². The molecule has 0 aromatic carbocycles. The van der Waals surface area contributed by atoms with Crippen molar-refractivity contribution in [3.05, 3.63) is 151 Å². The molecular formula is C51H70N8O15Y2-4. The monoisotopic (exact) mass is 1210 g/mol. The molecule has 0 bridgehead atoms. The number of aromatic nitrogens is 8. The molecule has 0 saturated carbocycles. The van der Waals surface area contributed by atoms with Crippen LogP contribution in [-0.4, -0.2) is 141 Å². The largest absolute Gasteiger partial charge is 0.460 e. The third-order valence-corrected chi connectivity index (χ3v) is 8.55. The summed E-state index contributed by atoms with van der Waals surface area (Å²) < 4.78 is 34.9. The Bertz CT molecular complexity index is 2150. The van der Waals surface area contributed by atoms with Crippen LogP contribution < -0.4 is 0 Å². The van der Waals surface area contributed by atoms with Gasteiger partial charge in [-0.25, -0.2) is 62.6 Å². The van der Waals surface area contributed by atoms with Crippen LogP contribution in [-0.2, 0) is 113 Å². The number of hydrogen-bond donors (Lipinski definition) is 2. The maximum Gasteiger partial charge on any atom is 0.419 e. The third kappa shape index (κ3) is 34.9. The minimum absolute atomic E-state index is 0. The molecule has 0 spiro atoms. The van der Waals surface area contributed by atoms with E-state index in [1.54, 1.807) is 52.5 Å². The van der Waals surface area contributed by atoms with Crippen LogP contribution in [0.25, 0.3) is 0 Å². The van der Waals surface area contributed by atoms with Crippen molar-refractivity contribution in [3.8, 4) is 0 Å². The zero-order valence-corrected chi connectivity index (χ0v) is 49.5. The van der Waals surface area contributed by atoms with Crippen molar-refractivity contribution in [2.24, 2.45) is 0 Å². The molecule has 4 unspecified atom stereocenters. The summed E-state index contributed by atoms with van der Waals surface area (Å²) >= 11 is 0. The Morgan fingerprint density at radius 3 is 0.921 bits per heavy atom. The Kier molecular flexibility index (Phi) is 43.7. The molecule has 2 radical (unpaired) electrons. The Morgan fingerprint density at radius 2 is 0.697 bits per heavy atom. The summed E-state index contributed by atoms with van der Waals surface area (Å²) in [6.07, 6.45) is 18.8. The normalized spacial score (nSPS) is 11.3. The van der Waals surface area contributed by atoms with Gasteiger partial charge in [-0.3, -0.25) is 9.13 Å². The first-order chi connectivity index (χ1) is 35.1. The van der Waals surface area contributed by atoms with E-state index in [4.69, 9.17) is 38.6 Å². The van der Waals surface area contributed by atoms with E-state index in [9.17, 15) is 33.6 Å². The molecule has 76 heavy (non-hydrogen) atoms. The van der Waals surface area contributed by atoms with Crippen molar-refractivity contribution in [2.75, 3.05) is 26.4 Å². The van der Waals surface area contributed by atoms with Gasteiger partial charge >= 0.3 is 42.1 Å². The van der Waals surface area contributed by atoms with Gasteiger partial charge < -0.3 is 66.3 Å². The Morgan fingerprint density at radius 1 is 0.447 bits per heavy atom. The molecule has 2 N–H and O–H groups in total. The molecule has 0 amide bonds. The van der Waals surface area contributed by atoms with E-state index in [1.165, 1.54) is 68.4 Å². The SMILES string of the molecule is C=C(C)C(=O)OCC(CC[CH2-])OC(=O)n1ccnc1.C=C(C)C(=O)OCC(CC[CH2-])OC(=O)n1ccnc1.C=C(C)C(=O)OCC(O)CC[CH2-].C=C(C)C(=O)OCC(O)CC[CH2-].O=C(n1ccnc1)n1ccnc1.[Y].[Y]. The number of aliphatic hydroxyl groups is 2. The molecule has 4 aromatic rings. The molecular weight excluding hydrogens is 1140 g/mol. The van der Waals surface area contributed by atoms with Crippen molar-refractivity contribution >= 4 is 42.1 Å². The summed E-state index contributed by atoms with van der Waals surface area (Å²) in [5, 5.41) is 18.3. The summed E-state index contributed by atoms with van der Waals surface area (Å²) in [6, 6.07) is -0.190. The van der Waals surface area contributed by atoms with E-state index in [2.05, 4.69) is 73.9 Å². The quantitative estimate of drug-likeness (QED) is 0.0358. The molecule has 0 aliphatic heterocycles. The van der Waals surface area contributed by atoms with Gasteiger partial charge in [0.15, 0.2) is 0 Å². The van der Waals surface area contributed by atoms with E-state index in [0.717, 1.165) is 0 Å². The van der Waals surface area contributed by atoms with Crippen molar-refractivity contribution in [1.82, 2.24) is 38.2 Å². The third-order valence-electron chi connectivity index (χ3n) is 8.55. The minimum atomic E-state index is -0.606. The topological polar surface area (TPSA) is 287 Å². The number of hydrogen-bond acceptors (Lipinski definition) is 19. The van der Waals surface area contributed by atoms with Crippen LogP contribution in [0, 0.1) is 27.7 Å². The van der Waals surface area contributed by atoms with Crippen LogP contribution in [0.1, 0.15) is 79.1 Å². The van der Waals surface area contributed by atoms with Gasteiger partial charge in [0, 0.05) is 137 Å². The molecule has 4 heterocycles. The van der Waals surface area contributed by atoms with Crippen molar-refractivity contribution in [2.45, 2.75) is 103 Å². The maximum atomic E-state index is 11.7. The van der Waals surface area contributed by atoms with E-state index < -0.39 is 60.5 Å². The van der Waals surface area contributed by atoms with Gasteiger partial charge in [0.05, 0.1) is 12.2 Å². The van der Waals surface area contributed by atoms with Gasteiger partial charge in [-0.05, 0) is 40.5 Å². The summed E-state index contributed by atoms with van der Waals surface area (Å²) in [6.45, 7) is 34.6. The van der Waals surface area contributed by atoms with Gasteiger partial charge in [-0.15, -0.1) is 0 Å². The zero-order chi connectivity index (χ0) is 56.0. The van der Waals surface area contributed by atoms with Crippen LogP contribution in [0.15, 0.2) is 123 Å². The van der Waals surface area contributed by atoms with E-state index in [1.807, 2.05) is 0 Å². The standard InChI is InChI=1S/2C13H17N2O4.2C9H15O3.C7H6N4O.2Y/c2*1-4-5-11(8-18-12(16)10(2)3)19-13(17)15-7-6-14-9-15;2*1-4-5-8(10)6-12-9(11)7(2)3;12-7(10-3-1-8-5-10)11-4-2-9-6-11;;/h2*6-7,9,11H,1-2,4-5,8H2,3H3;2*8,10H,1-2,4-6H2,3H3;1-6H;;/q4*-1;;;. The van der Waals surface area contributed by atoms with Crippen LogP contribution in [0.3, 0.4) is 0 Å². The van der Waals surface area contributed by atoms with Crippen molar-refractivity contribution in [1.29, 1.82) is 0 Å². The number of carbonyl (C=O) groups excluding carboxylic acids is 7. The fraction of sp³-hybridized carbons (Fsp3) is 0.392. The van der Waals surface area contributed by atoms with Crippen molar-refractivity contribution < 1.29 is 138 Å². The van der Waals surface area contributed by atoms with Crippen LogP contribution in [0.2, 0.25) is 0 Å². The smallest absolute Gasteiger partial charge is 0.419 e. The predicted octanol–water partition coefficient (Wildman–Crippen LogP) is 6.69. The second-order valence-electron chi connectivity index (χ2n) is 15.6. The molecule has 414 valence electrons. The van der Waals surface area contributed by atoms with Gasteiger partial charge in [0.25, 0.3) is 0 Å². The van der Waals surface area contributed by atoms with Gasteiger partial charge in [-0.2, -0.15) is 25.7 Å². The first-order valence-electron chi connectivity index (χ1n) is 22.8. The maximum absolute atomic E-state index is 11.7. The molecule has 0 aliphatic carbocycles. The van der Waals surface area contributed by atoms with Crippen LogP contribution in [0.4, 0.5) is 14.4 Å². The molecule has 25 heteroatoms. The number of esters is 4. The summed E-state index contributed by atoms with van der Waals surface area (Å²) in [5.74, 6) is -1.93. The number of ether oxygens (including phenoxy) is 6. The Balaban J connectivity index is -0.000000886. The van der Waals surface area contributed by atoms with Gasteiger partial charge in [-0.1, -0.05) is 39.2 Å². The van der Waals surface area contributed by atoms with Crippen LogP contribution in [0.5, 0.6) is 0 Å². The summed E-state index contributed by atoms with van der Waals surface area (Å²) in [4.78, 5) is 94.0. The second-order valence-corrected chi connectivity index (χ2v) is 15.6. The number of aliphatic hydroxyl groups excluding tert-OH is 2. The number of carbonyl (C=O) groups is 7. The van der Waals surface area contributed by atoms with E-state index in [-0.39, 0.29) is 97.9 Å². The second kappa shape index (κ2) is 44.5. The molecule has 4 aromatic heterocycles. The molecule has 0 saturated heterocycles. The predicted molar refractivity (Wildman–Crippen MR) is 270 cm³/mol. The fourth-order valence-corrected chi connectivity index (χ4v) is 4.64. The van der Waals surface area contributed by atoms with E-state index >= 15 is 0 Å². The molecule has 4 atom stereocenters. The average Bonchev–Trinajstić information content (AvgIpc) is 4.23. The molecule has 23 nitrogen and oxygen atoms in total. The van der Waals surface area contributed by atoms with Crippen LogP contribution >= 0.6 is 0 Å². The molecule has 0 aliphatic rings. The van der Waals surface area contributed by atoms with Gasteiger partial charge in [0.2, 0.25) is 0 Å². The average molecular weight is 1210 g/mol. The Labute approximate surface area is 495 Å². The number of rotatable bonds is 22. The first kappa shape index (κ1) is 74.7. The first-order valence-corrected chi connectivity index (χ1v) is 22.8. The van der Waals surface area contributed by atoms with E-state index in [0.29, 0.717) is 73.7 Å². The number of nitrogens with zero attached hydrogens (tertiary/aromatic N) is 8. The molecule has 4 rings (SSSR count). The zero-order valence-electron chi connectivity index (χ0n) is 43.8. The summed E-state index contributed by atoms with van der Waals surface area (Å²) in [7, 11) is 0. The fourth-order valence-electron chi connectivity index (χ4n) is 4.64. The Hall–Kier alpha value is -5.58. The number of imidazole rings is 4. The minimum Gasteiger partial charge on any atom is -0.460 e. The molecule has 0 fully saturated rings.